The van der Waals surface area contributed by atoms with Crippen LogP contribution in [0.2, 0.25) is 0 Å². The van der Waals surface area contributed by atoms with Crippen LogP contribution in [0.5, 0.6) is 11.5 Å². The molecule has 1 aliphatic heterocycles. The first-order chi connectivity index (χ1) is 14.1. The van der Waals surface area contributed by atoms with E-state index in [4.69, 9.17) is 14.2 Å². The molecule has 0 radical (unpaired) electrons. The van der Waals surface area contributed by atoms with Gasteiger partial charge in [-0.1, -0.05) is 36.4 Å². The minimum Gasteiger partial charge on any atom is -0.456 e. The number of benzene rings is 3. The van der Waals surface area contributed by atoms with E-state index in [9.17, 15) is 14.4 Å². The average molecular weight is 391 g/mol. The molecule has 1 aliphatic rings. The van der Waals surface area contributed by atoms with Crippen LogP contribution < -0.4 is 14.8 Å². The van der Waals surface area contributed by atoms with E-state index in [1.165, 1.54) is 6.07 Å². The zero-order chi connectivity index (χ0) is 20.2. The highest BCUT2D eigenvalue weighted by Gasteiger charge is 2.17. The Hall–Kier alpha value is -3.87. The molecule has 0 fully saturated rings. The van der Waals surface area contributed by atoms with Crippen LogP contribution in [0.25, 0.3) is 10.8 Å². The van der Waals surface area contributed by atoms with Crippen molar-refractivity contribution in [3.05, 3.63) is 71.8 Å². The molecule has 0 saturated carbocycles. The third kappa shape index (κ3) is 4.19. The SMILES string of the molecule is O=C(CNC(=O)c1ccc2c(c1)OCO2)OCC(=O)c1ccc2ccccc2c1. The standard InChI is InChI=1S/C22H17NO6/c24-18(16-6-5-14-3-1-2-4-15(14)9-16)12-27-21(25)11-23-22(26)17-7-8-19-20(10-17)29-13-28-19/h1-10H,11-13H2,(H,23,26). The highest BCUT2D eigenvalue weighted by atomic mass is 16.7. The van der Waals surface area contributed by atoms with E-state index in [2.05, 4.69) is 5.32 Å². The van der Waals surface area contributed by atoms with Crippen molar-refractivity contribution >= 4 is 28.4 Å². The topological polar surface area (TPSA) is 90.9 Å². The van der Waals surface area contributed by atoms with Crippen LogP contribution in [-0.4, -0.2) is 37.6 Å². The average Bonchev–Trinajstić information content (AvgIpc) is 3.23. The van der Waals surface area contributed by atoms with E-state index in [1.54, 1.807) is 24.3 Å². The lowest BCUT2D eigenvalue weighted by molar-refractivity contribution is -0.141. The summed E-state index contributed by atoms with van der Waals surface area (Å²) in [4.78, 5) is 36.3. The fraction of sp³-hybridized carbons (Fsp3) is 0.136. The van der Waals surface area contributed by atoms with Crippen molar-refractivity contribution in [2.24, 2.45) is 0 Å². The number of nitrogens with one attached hydrogen (secondary N) is 1. The van der Waals surface area contributed by atoms with Crippen molar-refractivity contribution in [2.45, 2.75) is 0 Å². The second kappa shape index (κ2) is 8.02. The number of hydrogen-bond acceptors (Lipinski definition) is 6. The van der Waals surface area contributed by atoms with Crippen molar-refractivity contribution < 1.29 is 28.6 Å². The zero-order valence-corrected chi connectivity index (χ0v) is 15.3. The van der Waals surface area contributed by atoms with Crippen molar-refractivity contribution in [2.75, 3.05) is 19.9 Å². The molecule has 0 atom stereocenters. The molecule has 1 N–H and O–H groups in total. The van der Waals surface area contributed by atoms with E-state index in [0.717, 1.165) is 10.8 Å². The molecule has 0 aromatic heterocycles. The Bertz CT molecular complexity index is 1110. The lowest BCUT2D eigenvalue weighted by atomic mass is 10.0. The molecule has 1 heterocycles. The third-order valence-electron chi connectivity index (χ3n) is 4.46. The molecule has 146 valence electrons. The molecule has 1 amide bonds. The van der Waals surface area contributed by atoms with Gasteiger partial charge < -0.3 is 19.5 Å². The molecular weight excluding hydrogens is 374 g/mol. The summed E-state index contributed by atoms with van der Waals surface area (Å²) in [6, 6.07) is 17.7. The first-order valence-electron chi connectivity index (χ1n) is 8.95. The Morgan fingerprint density at radius 3 is 2.48 bits per heavy atom. The minimum atomic E-state index is -0.701. The lowest BCUT2D eigenvalue weighted by Crippen LogP contribution is -2.31. The van der Waals surface area contributed by atoms with Gasteiger partial charge in [-0.2, -0.15) is 0 Å². The number of ketones is 1. The zero-order valence-electron chi connectivity index (χ0n) is 15.3. The van der Waals surface area contributed by atoms with E-state index >= 15 is 0 Å². The number of fused-ring (bicyclic) bond motifs is 2. The Balaban J connectivity index is 1.28. The Kier molecular flexibility index (Phi) is 5.11. The first kappa shape index (κ1) is 18.5. The summed E-state index contributed by atoms with van der Waals surface area (Å²) in [7, 11) is 0. The molecular formula is C22H17NO6. The van der Waals surface area contributed by atoms with Gasteiger partial charge in [0.25, 0.3) is 5.91 Å². The maximum atomic E-state index is 12.3. The lowest BCUT2D eigenvalue weighted by Gasteiger charge is -2.07. The molecule has 0 unspecified atom stereocenters. The Labute approximate surface area is 166 Å². The number of rotatable bonds is 6. The molecule has 0 spiro atoms. The molecule has 29 heavy (non-hydrogen) atoms. The summed E-state index contributed by atoms with van der Waals surface area (Å²) < 4.78 is 15.4. The van der Waals surface area contributed by atoms with Crippen molar-refractivity contribution in [3.63, 3.8) is 0 Å². The summed E-state index contributed by atoms with van der Waals surface area (Å²) in [6.07, 6.45) is 0. The van der Waals surface area contributed by atoms with Gasteiger partial charge in [-0.25, -0.2) is 0 Å². The second-order valence-corrected chi connectivity index (χ2v) is 6.40. The smallest absolute Gasteiger partial charge is 0.325 e. The number of hydrogen-bond donors (Lipinski definition) is 1. The second-order valence-electron chi connectivity index (χ2n) is 6.40. The van der Waals surface area contributed by atoms with Gasteiger partial charge in [0.05, 0.1) is 0 Å². The van der Waals surface area contributed by atoms with Gasteiger partial charge >= 0.3 is 5.97 Å². The van der Waals surface area contributed by atoms with Gasteiger partial charge in [0, 0.05) is 11.1 Å². The van der Waals surface area contributed by atoms with Gasteiger partial charge in [-0.05, 0) is 35.0 Å². The number of ether oxygens (including phenoxy) is 3. The maximum absolute atomic E-state index is 12.3. The normalized spacial score (nSPS) is 11.9. The third-order valence-corrected chi connectivity index (χ3v) is 4.46. The van der Waals surface area contributed by atoms with Gasteiger partial charge in [0.1, 0.15) is 6.54 Å². The van der Waals surface area contributed by atoms with Crippen molar-refractivity contribution in [3.8, 4) is 11.5 Å². The van der Waals surface area contributed by atoms with Gasteiger partial charge in [-0.3, -0.25) is 14.4 Å². The summed E-state index contributed by atoms with van der Waals surface area (Å²) in [5.74, 6) is -0.435. The predicted octanol–water partition coefficient (Wildman–Crippen LogP) is 2.72. The fourth-order valence-corrected chi connectivity index (χ4v) is 2.94. The van der Waals surface area contributed by atoms with Crippen LogP contribution in [0.1, 0.15) is 20.7 Å². The minimum absolute atomic E-state index is 0.109. The summed E-state index contributed by atoms with van der Waals surface area (Å²) in [6.45, 7) is -0.632. The van der Waals surface area contributed by atoms with Crippen LogP contribution in [-0.2, 0) is 9.53 Å². The van der Waals surface area contributed by atoms with Crippen molar-refractivity contribution in [1.29, 1.82) is 0 Å². The molecule has 0 aliphatic carbocycles. The highest BCUT2D eigenvalue weighted by Crippen LogP contribution is 2.32. The quantitative estimate of drug-likeness (QED) is 0.513. The first-order valence-corrected chi connectivity index (χ1v) is 8.95. The number of esters is 1. The summed E-state index contributed by atoms with van der Waals surface area (Å²) in [5.41, 5.74) is 0.787. The van der Waals surface area contributed by atoms with E-state index in [-0.39, 0.29) is 19.1 Å². The van der Waals surface area contributed by atoms with Gasteiger partial charge in [-0.15, -0.1) is 0 Å². The fourth-order valence-electron chi connectivity index (χ4n) is 2.94. The van der Waals surface area contributed by atoms with Gasteiger partial charge in [0.2, 0.25) is 6.79 Å². The summed E-state index contributed by atoms with van der Waals surface area (Å²) in [5, 5.41) is 4.41. The number of carbonyl (C=O) groups excluding carboxylic acids is 3. The van der Waals surface area contributed by atoms with Crippen LogP contribution in [0.15, 0.2) is 60.7 Å². The number of carbonyl (C=O) groups is 3. The molecule has 0 saturated heterocycles. The largest absolute Gasteiger partial charge is 0.456 e. The Morgan fingerprint density at radius 1 is 0.862 bits per heavy atom. The molecule has 3 aromatic carbocycles. The summed E-state index contributed by atoms with van der Waals surface area (Å²) >= 11 is 0. The predicted molar refractivity (Wildman–Crippen MR) is 104 cm³/mol. The maximum Gasteiger partial charge on any atom is 0.325 e. The number of Topliss-reactive ketones (excluding diaryl/α,β-unsaturated/α-hetero) is 1. The van der Waals surface area contributed by atoms with E-state index < -0.39 is 18.5 Å². The van der Waals surface area contributed by atoms with Crippen LogP contribution >= 0.6 is 0 Å². The van der Waals surface area contributed by atoms with Crippen molar-refractivity contribution in [1.82, 2.24) is 5.32 Å². The van der Waals surface area contributed by atoms with E-state index in [1.807, 2.05) is 30.3 Å². The van der Waals surface area contributed by atoms with Crippen LogP contribution in [0, 0.1) is 0 Å². The van der Waals surface area contributed by atoms with Crippen LogP contribution in [0.3, 0.4) is 0 Å². The molecule has 4 rings (SSSR count). The highest BCUT2D eigenvalue weighted by molar-refractivity contribution is 6.01. The molecule has 7 nitrogen and oxygen atoms in total. The number of amides is 1. The molecule has 3 aromatic rings. The Morgan fingerprint density at radius 2 is 1.62 bits per heavy atom. The van der Waals surface area contributed by atoms with Gasteiger partial charge in [0.15, 0.2) is 23.9 Å². The van der Waals surface area contributed by atoms with E-state index in [0.29, 0.717) is 22.6 Å². The van der Waals surface area contributed by atoms with Crippen LogP contribution in [0.4, 0.5) is 0 Å². The molecule has 7 heteroatoms. The molecule has 0 bridgehead atoms. The monoisotopic (exact) mass is 391 g/mol.